The number of halogens is 1. The van der Waals surface area contributed by atoms with Crippen LogP contribution in [0.3, 0.4) is 0 Å². The van der Waals surface area contributed by atoms with Gasteiger partial charge >= 0.3 is 0 Å². The molecule has 0 N–H and O–H groups in total. The molecule has 1 aromatic rings. The van der Waals surface area contributed by atoms with Gasteiger partial charge in [-0.1, -0.05) is 33.6 Å². The summed E-state index contributed by atoms with van der Waals surface area (Å²) in [5.41, 5.74) is -0.132. The number of piperidine rings is 1. The minimum Gasteiger partial charge on any atom is -0.423 e. The fourth-order valence-corrected chi connectivity index (χ4v) is 5.53. The smallest absolute Gasteiger partial charge is 0.230 e. The third kappa shape index (κ3) is 5.90. The minimum absolute atomic E-state index is 0. The van der Waals surface area contributed by atoms with Crippen LogP contribution in [-0.2, 0) is 22.0 Å². The van der Waals surface area contributed by atoms with Crippen molar-refractivity contribution in [2.45, 2.75) is 77.3 Å². The van der Waals surface area contributed by atoms with E-state index in [1.54, 1.807) is 4.31 Å². The van der Waals surface area contributed by atoms with Gasteiger partial charge in [-0.3, -0.25) is 4.90 Å². The zero-order valence-corrected chi connectivity index (χ0v) is 19.2. The number of rotatable bonds is 4. The molecule has 0 radical (unpaired) electrons. The summed E-state index contributed by atoms with van der Waals surface area (Å²) in [6.45, 7) is 9.46. The molecule has 7 nitrogen and oxygen atoms in total. The average molecular weight is 435 g/mol. The first-order valence-corrected chi connectivity index (χ1v) is 12.0. The van der Waals surface area contributed by atoms with Gasteiger partial charge in [0.2, 0.25) is 21.8 Å². The third-order valence-corrected chi connectivity index (χ3v) is 7.12. The highest BCUT2D eigenvalue weighted by Gasteiger charge is 2.35. The van der Waals surface area contributed by atoms with Crippen molar-refractivity contribution in [2.24, 2.45) is 5.92 Å². The lowest BCUT2D eigenvalue weighted by Gasteiger charge is -2.39. The van der Waals surface area contributed by atoms with Crippen molar-refractivity contribution in [1.29, 1.82) is 0 Å². The van der Waals surface area contributed by atoms with Crippen molar-refractivity contribution in [3.05, 3.63) is 11.8 Å². The second-order valence-electron chi connectivity index (χ2n) is 9.15. The Kier molecular flexibility index (Phi) is 7.92. The van der Waals surface area contributed by atoms with E-state index in [0.717, 1.165) is 51.6 Å². The normalized spacial score (nSPS) is 23.9. The van der Waals surface area contributed by atoms with Gasteiger partial charge in [0.25, 0.3) is 0 Å². The van der Waals surface area contributed by atoms with E-state index in [0.29, 0.717) is 30.8 Å². The molecule has 9 heteroatoms. The first-order valence-electron chi connectivity index (χ1n) is 10.2. The highest BCUT2D eigenvalue weighted by atomic mass is 35.5. The van der Waals surface area contributed by atoms with Crippen molar-refractivity contribution < 1.29 is 12.8 Å². The molecule has 1 unspecified atom stereocenters. The van der Waals surface area contributed by atoms with Crippen LogP contribution in [0.5, 0.6) is 0 Å². The van der Waals surface area contributed by atoms with Crippen LogP contribution in [-0.4, -0.2) is 59.8 Å². The Morgan fingerprint density at radius 3 is 2.29 bits per heavy atom. The van der Waals surface area contributed by atoms with Crippen LogP contribution in [0.25, 0.3) is 0 Å². The zero-order chi connectivity index (χ0) is 19.7. The number of hydrogen-bond acceptors (Lipinski definition) is 6. The van der Waals surface area contributed by atoms with Crippen molar-refractivity contribution in [3.63, 3.8) is 0 Å². The van der Waals surface area contributed by atoms with Gasteiger partial charge < -0.3 is 4.42 Å². The Bertz CT molecular complexity index is 724. The lowest BCUT2D eigenvalue weighted by Crippen LogP contribution is -2.47. The van der Waals surface area contributed by atoms with Gasteiger partial charge in [-0.25, -0.2) is 8.42 Å². The van der Waals surface area contributed by atoms with Crippen LogP contribution in [0.4, 0.5) is 0 Å². The minimum atomic E-state index is -3.13. The van der Waals surface area contributed by atoms with E-state index in [9.17, 15) is 8.42 Å². The summed E-state index contributed by atoms with van der Waals surface area (Å²) >= 11 is 0. The van der Waals surface area contributed by atoms with E-state index in [4.69, 9.17) is 4.42 Å². The van der Waals surface area contributed by atoms with Crippen molar-refractivity contribution >= 4 is 22.4 Å². The molecule has 0 spiro atoms. The Labute approximate surface area is 175 Å². The molecule has 0 aliphatic carbocycles. The van der Waals surface area contributed by atoms with Crippen LogP contribution in [0.1, 0.15) is 71.1 Å². The molecule has 2 fully saturated rings. The standard InChI is InChI=1S/C19H34N4O3S.ClH/c1-19(2,3)18-21-20-17(26-18)14-22-12-9-15(10-13-22)16-8-6-5-7-11-23(16)27(4,24)25;/h15-16H,5-14H2,1-4H3;1H. The molecule has 2 saturated heterocycles. The van der Waals surface area contributed by atoms with Gasteiger partial charge in [-0.05, 0) is 44.7 Å². The summed E-state index contributed by atoms with van der Waals surface area (Å²) in [4.78, 5) is 2.35. The Morgan fingerprint density at radius 2 is 1.71 bits per heavy atom. The van der Waals surface area contributed by atoms with Crippen LogP contribution >= 0.6 is 12.4 Å². The number of aromatic nitrogens is 2. The quantitative estimate of drug-likeness (QED) is 0.723. The number of likely N-dealkylation sites (tertiary alicyclic amines) is 1. The van der Waals surface area contributed by atoms with E-state index < -0.39 is 10.0 Å². The van der Waals surface area contributed by atoms with E-state index >= 15 is 0 Å². The monoisotopic (exact) mass is 434 g/mol. The SMILES string of the molecule is CC(C)(C)c1nnc(CN2CCC(C3CCCCCN3S(C)(=O)=O)CC2)o1.Cl. The average Bonchev–Trinajstić information content (AvgIpc) is 2.90. The fraction of sp³-hybridized carbons (Fsp3) is 0.895. The highest BCUT2D eigenvalue weighted by Crippen LogP contribution is 2.32. The van der Waals surface area contributed by atoms with E-state index in [1.807, 2.05) is 0 Å². The lowest BCUT2D eigenvalue weighted by molar-refractivity contribution is 0.116. The van der Waals surface area contributed by atoms with E-state index in [-0.39, 0.29) is 23.9 Å². The second kappa shape index (κ2) is 9.41. The van der Waals surface area contributed by atoms with Gasteiger partial charge in [0, 0.05) is 18.0 Å². The van der Waals surface area contributed by atoms with E-state index in [2.05, 4.69) is 35.9 Å². The molecule has 1 atom stereocenters. The summed E-state index contributed by atoms with van der Waals surface area (Å²) < 4.78 is 32.1. The predicted molar refractivity (Wildman–Crippen MR) is 112 cm³/mol. The molecule has 162 valence electrons. The molecule has 2 aliphatic rings. The summed E-state index contributed by atoms with van der Waals surface area (Å²) in [6.07, 6.45) is 7.66. The highest BCUT2D eigenvalue weighted by molar-refractivity contribution is 7.88. The zero-order valence-electron chi connectivity index (χ0n) is 17.6. The maximum atomic E-state index is 12.3. The summed E-state index contributed by atoms with van der Waals surface area (Å²) in [5.74, 6) is 1.79. The van der Waals surface area contributed by atoms with Gasteiger partial charge in [0.05, 0.1) is 12.8 Å². The van der Waals surface area contributed by atoms with Gasteiger partial charge in [-0.15, -0.1) is 22.6 Å². The molecule has 28 heavy (non-hydrogen) atoms. The lowest BCUT2D eigenvalue weighted by atomic mass is 9.87. The summed E-state index contributed by atoms with van der Waals surface area (Å²) in [7, 11) is -3.13. The van der Waals surface area contributed by atoms with Crippen LogP contribution in [0.2, 0.25) is 0 Å². The van der Waals surface area contributed by atoms with Crippen molar-refractivity contribution in [2.75, 3.05) is 25.9 Å². The molecule has 0 aromatic carbocycles. The maximum Gasteiger partial charge on any atom is 0.230 e. The largest absolute Gasteiger partial charge is 0.423 e. The van der Waals surface area contributed by atoms with Crippen LogP contribution in [0.15, 0.2) is 4.42 Å². The molecule has 2 aliphatic heterocycles. The fourth-order valence-electron chi connectivity index (χ4n) is 4.30. The van der Waals surface area contributed by atoms with Gasteiger partial charge in [0.1, 0.15) is 0 Å². The predicted octanol–water partition coefficient (Wildman–Crippen LogP) is 3.21. The van der Waals surface area contributed by atoms with Gasteiger partial charge in [-0.2, -0.15) is 4.31 Å². The topological polar surface area (TPSA) is 79.5 Å². The number of nitrogens with zero attached hydrogens (tertiary/aromatic N) is 4. The van der Waals surface area contributed by atoms with Crippen LogP contribution in [0, 0.1) is 5.92 Å². The molecule has 0 amide bonds. The molecular weight excluding hydrogens is 400 g/mol. The molecular formula is C19H35ClN4O3S. The number of sulfonamides is 1. The summed E-state index contributed by atoms with van der Waals surface area (Å²) in [6, 6.07) is 0.167. The Balaban J connectivity index is 0.00000280. The van der Waals surface area contributed by atoms with Crippen LogP contribution < -0.4 is 0 Å². The molecule has 3 rings (SSSR count). The van der Waals surface area contributed by atoms with E-state index in [1.165, 1.54) is 6.26 Å². The van der Waals surface area contributed by atoms with Gasteiger partial charge in [0.15, 0.2) is 0 Å². The Hall–Kier alpha value is -0.700. The maximum absolute atomic E-state index is 12.3. The molecule has 3 heterocycles. The number of hydrogen-bond donors (Lipinski definition) is 0. The molecule has 0 saturated carbocycles. The van der Waals surface area contributed by atoms with Crippen molar-refractivity contribution in [3.8, 4) is 0 Å². The first-order chi connectivity index (χ1) is 12.6. The second-order valence-corrected chi connectivity index (χ2v) is 11.1. The summed E-state index contributed by atoms with van der Waals surface area (Å²) in [5, 5.41) is 8.37. The third-order valence-electron chi connectivity index (χ3n) is 5.82. The molecule has 1 aromatic heterocycles. The van der Waals surface area contributed by atoms with Crippen molar-refractivity contribution in [1.82, 2.24) is 19.4 Å². The first kappa shape index (κ1) is 23.6. The molecule has 0 bridgehead atoms. The Morgan fingerprint density at radius 1 is 1.04 bits per heavy atom.